The van der Waals surface area contributed by atoms with Gasteiger partial charge in [0.2, 0.25) is 0 Å². The molecule has 8 aromatic carbocycles. The number of hydrogen-bond acceptors (Lipinski definition) is 1. The van der Waals surface area contributed by atoms with E-state index in [1.54, 1.807) is 0 Å². The number of hydrogen-bond donors (Lipinski definition) is 0. The van der Waals surface area contributed by atoms with Crippen molar-refractivity contribution in [3.63, 3.8) is 0 Å². The molecule has 0 bridgehead atoms. The Morgan fingerprint density at radius 1 is 0.391 bits per heavy atom. The lowest BCUT2D eigenvalue weighted by Gasteiger charge is -2.30. The Kier molecular flexibility index (Phi) is 5.92. The fraction of sp³-hybridized carbons (Fsp3) is 0.0667. The van der Waals surface area contributed by atoms with Crippen LogP contribution >= 0.6 is 0 Å². The van der Waals surface area contributed by atoms with Gasteiger partial charge in [-0.1, -0.05) is 147 Å². The lowest BCUT2D eigenvalue weighted by Crippen LogP contribution is -2.16. The van der Waals surface area contributed by atoms with Gasteiger partial charge in [-0.3, -0.25) is 0 Å². The molecule has 0 aromatic heterocycles. The maximum atomic E-state index is 2.45. The highest BCUT2D eigenvalue weighted by atomic mass is 15.1. The molecule has 0 atom stereocenters. The first kappa shape index (κ1) is 26.7. The second-order valence-corrected chi connectivity index (χ2v) is 13.0. The van der Waals surface area contributed by atoms with Crippen molar-refractivity contribution in [3.8, 4) is 22.3 Å². The summed E-state index contributed by atoms with van der Waals surface area (Å²) in [6, 6.07) is 60.2. The molecule has 0 N–H and O–H groups in total. The molecule has 0 spiro atoms. The lowest BCUT2D eigenvalue weighted by molar-refractivity contribution is 0.660. The molecule has 1 heteroatoms. The van der Waals surface area contributed by atoms with Crippen molar-refractivity contribution in [1.82, 2.24) is 0 Å². The molecule has 1 aliphatic carbocycles. The van der Waals surface area contributed by atoms with Gasteiger partial charge in [0.1, 0.15) is 0 Å². The quantitative estimate of drug-likeness (QED) is 0.185. The molecule has 0 heterocycles. The van der Waals surface area contributed by atoms with Crippen LogP contribution in [0.1, 0.15) is 25.0 Å². The van der Waals surface area contributed by atoms with E-state index < -0.39 is 0 Å². The van der Waals surface area contributed by atoms with Gasteiger partial charge in [0.05, 0.1) is 5.69 Å². The lowest BCUT2D eigenvalue weighted by atomic mass is 9.82. The summed E-state index contributed by atoms with van der Waals surface area (Å²) in [5.41, 5.74) is 11.2. The molecular weight excluding hydrogens is 555 g/mol. The van der Waals surface area contributed by atoms with Crippen molar-refractivity contribution in [3.05, 3.63) is 175 Å². The molecule has 1 nitrogen and oxygen atoms in total. The molecule has 46 heavy (non-hydrogen) atoms. The molecule has 0 amide bonds. The summed E-state index contributed by atoms with van der Waals surface area (Å²) >= 11 is 0. The number of benzene rings is 8. The van der Waals surface area contributed by atoms with E-state index in [9.17, 15) is 0 Å². The molecule has 0 fully saturated rings. The Labute approximate surface area is 270 Å². The fourth-order valence-electron chi connectivity index (χ4n) is 7.74. The Balaban J connectivity index is 1.27. The van der Waals surface area contributed by atoms with Crippen molar-refractivity contribution in [2.45, 2.75) is 19.3 Å². The van der Waals surface area contributed by atoms with E-state index in [-0.39, 0.29) is 5.41 Å². The van der Waals surface area contributed by atoms with Crippen LogP contribution in [-0.2, 0) is 5.41 Å². The minimum absolute atomic E-state index is 0.0857. The number of rotatable bonds is 4. The molecular formula is C45H33N. The zero-order chi connectivity index (χ0) is 30.8. The second-order valence-electron chi connectivity index (χ2n) is 13.0. The third kappa shape index (κ3) is 4.02. The highest BCUT2D eigenvalue weighted by Gasteiger charge is 2.35. The van der Waals surface area contributed by atoms with E-state index in [0.29, 0.717) is 0 Å². The van der Waals surface area contributed by atoms with Crippen molar-refractivity contribution in [1.29, 1.82) is 0 Å². The van der Waals surface area contributed by atoms with Crippen molar-refractivity contribution < 1.29 is 0 Å². The molecule has 1 aliphatic rings. The Morgan fingerprint density at radius 2 is 0.978 bits per heavy atom. The molecule has 0 unspecified atom stereocenters. The van der Waals surface area contributed by atoms with Crippen LogP contribution in [0.15, 0.2) is 164 Å². The highest BCUT2D eigenvalue weighted by molar-refractivity contribution is 6.17. The van der Waals surface area contributed by atoms with Crippen LogP contribution in [0.25, 0.3) is 54.6 Å². The molecule has 218 valence electrons. The molecule has 8 aromatic rings. The van der Waals surface area contributed by atoms with Crippen molar-refractivity contribution in [2.75, 3.05) is 4.90 Å². The van der Waals surface area contributed by atoms with Gasteiger partial charge in [0.25, 0.3) is 0 Å². The van der Waals surface area contributed by atoms with Crippen molar-refractivity contribution in [2.24, 2.45) is 0 Å². The highest BCUT2D eigenvalue weighted by Crippen LogP contribution is 2.51. The smallest absolute Gasteiger partial charge is 0.0540 e. The summed E-state index contributed by atoms with van der Waals surface area (Å²) in [7, 11) is 0. The van der Waals surface area contributed by atoms with Crippen LogP contribution in [0.3, 0.4) is 0 Å². The Bertz CT molecular complexity index is 2450. The Morgan fingerprint density at radius 3 is 1.83 bits per heavy atom. The van der Waals surface area contributed by atoms with E-state index in [1.807, 2.05) is 0 Å². The minimum atomic E-state index is -0.0857. The van der Waals surface area contributed by atoms with Gasteiger partial charge in [-0.05, 0) is 90.5 Å². The first-order chi connectivity index (χ1) is 22.6. The average molecular weight is 588 g/mol. The minimum Gasteiger partial charge on any atom is -0.310 e. The fourth-order valence-corrected chi connectivity index (χ4v) is 7.74. The zero-order valence-corrected chi connectivity index (χ0v) is 26.0. The predicted molar refractivity (Wildman–Crippen MR) is 197 cm³/mol. The molecule has 0 aliphatic heterocycles. The van der Waals surface area contributed by atoms with Gasteiger partial charge in [0, 0.05) is 22.4 Å². The largest absolute Gasteiger partial charge is 0.310 e. The zero-order valence-electron chi connectivity index (χ0n) is 26.0. The van der Waals surface area contributed by atoms with Crippen LogP contribution in [0.4, 0.5) is 17.1 Å². The second kappa shape index (κ2) is 10.2. The number of anilines is 3. The number of nitrogens with zero attached hydrogens (tertiary/aromatic N) is 1. The van der Waals surface area contributed by atoms with E-state index in [4.69, 9.17) is 0 Å². The first-order valence-electron chi connectivity index (χ1n) is 16.1. The van der Waals surface area contributed by atoms with E-state index in [1.165, 1.54) is 65.7 Å². The van der Waals surface area contributed by atoms with Gasteiger partial charge in [0.15, 0.2) is 0 Å². The van der Waals surface area contributed by atoms with Crippen LogP contribution in [0.5, 0.6) is 0 Å². The first-order valence-corrected chi connectivity index (χ1v) is 16.1. The van der Waals surface area contributed by atoms with Gasteiger partial charge >= 0.3 is 0 Å². The Hall–Kier alpha value is -5.66. The summed E-state index contributed by atoms with van der Waals surface area (Å²) in [5.74, 6) is 0. The standard InChI is InChI=1S/C45H33N/c1-45(2)42-18-10-8-17-40(42)41-27-23-34(29-43(41)45)46(44-19-11-9-16-37(44)30-12-4-3-5-13-30)33-22-26-36-32(28-33)21-25-38-35-15-7-6-14-31(35)20-24-39(36)38/h3-29H,1-2H3. The van der Waals surface area contributed by atoms with Crippen LogP contribution in [0.2, 0.25) is 0 Å². The van der Waals surface area contributed by atoms with Crippen molar-refractivity contribution >= 4 is 49.4 Å². The van der Waals surface area contributed by atoms with Gasteiger partial charge < -0.3 is 4.90 Å². The van der Waals surface area contributed by atoms with Crippen LogP contribution in [-0.4, -0.2) is 0 Å². The summed E-state index contributed by atoms with van der Waals surface area (Å²) in [4.78, 5) is 2.45. The normalized spacial score (nSPS) is 13.2. The van der Waals surface area contributed by atoms with Gasteiger partial charge in [-0.2, -0.15) is 0 Å². The summed E-state index contributed by atoms with van der Waals surface area (Å²) in [6.07, 6.45) is 0. The van der Waals surface area contributed by atoms with Gasteiger partial charge in [-0.25, -0.2) is 0 Å². The van der Waals surface area contributed by atoms with E-state index >= 15 is 0 Å². The monoisotopic (exact) mass is 587 g/mol. The third-order valence-corrected chi connectivity index (χ3v) is 10.0. The average Bonchev–Trinajstić information content (AvgIpc) is 3.34. The SMILES string of the molecule is CC1(C)c2ccccc2-c2ccc(N(c3ccc4c(ccc5c6ccccc6ccc45)c3)c3ccccc3-c3ccccc3)cc21. The number of fused-ring (bicyclic) bond motifs is 8. The summed E-state index contributed by atoms with van der Waals surface area (Å²) in [6.45, 7) is 4.71. The molecule has 0 saturated carbocycles. The topological polar surface area (TPSA) is 3.24 Å². The summed E-state index contributed by atoms with van der Waals surface area (Å²) < 4.78 is 0. The predicted octanol–water partition coefficient (Wildman–Crippen LogP) is 12.6. The summed E-state index contributed by atoms with van der Waals surface area (Å²) in [5, 5.41) is 7.66. The van der Waals surface area contributed by atoms with Crippen LogP contribution in [0, 0.1) is 0 Å². The molecule has 9 rings (SSSR count). The molecule has 0 saturated heterocycles. The van der Waals surface area contributed by atoms with E-state index in [0.717, 1.165) is 17.1 Å². The van der Waals surface area contributed by atoms with Crippen LogP contribution < -0.4 is 4.90 Å². The number of para-hydroxylation sites is 1. The van der Waals surface area contributed by atoms with Gasteiger partial charge in [-0.15, -0.1) is 0 Å². The molecule has 0 radical (unpaired) electrons. The maximum absolute atomic E-state index is 2.45. The third-order valence-electron chi connectivity index (χ3n) is 10.0. The maximum Gasteiger partial charge on any atom is 0.0540 e. The van der Waals surface area contributed by atoms with E-state index in [2.05, 4.69) is 183 Å².